The van der Waals surface area contributed by atoms with Crippen LogP contribution in [0.3, 0.4) is 0 Å². The van der Waals surface area contributed by atoms with Crippen LogP contribution in [0.5, 0.6) is 5.88 Å². The second-order valence-electron chi connectivity index (χ2n) is 5.20. The monoisotopic (exact) mass is 405 g/mol. The lowest BCUT2D eigenvalue weighted by Gasteiger charge is -2.06. The maximum atomic E-state index is 10.6. The van der Waals surface area contributed by atoms with Gasteiger partial charge in [0.1, 0.15) is 0 Å². The first kappa shape index (κ1) is 16.5. The van der Waals surface area contributed by atoms with Crippen LogP contribution in [0.15, 0.2) is 58.3 Å². The molecule has 124 valence electrons. The minimum atomic E-state index is 0.0160. The molecule has 1 aliphatic heterocycles. The van der Waals surface area contributed by atoms with Crippen molar-refractivity contribution in [2.45, 2.75) is 0 Å². The summed E-state index contributed by atoms with van der Waals surface area (Å²) < 4.78 is 2.02. The fraction of sp³-hybridized carbons (Fsp3) is 0. The maximum absolute atomic E-state index is 10.6. The van der Waals surface area contributed by atoms with Gasteiger partial charge in [-0.1, -0.05) is 35.3 Å². The van der Waals surface area contributed by atoms with Crippen LogP contribution < -0.4 is 10.7 Å². The van der Waals surface area contributed by atoms with Crippen LogP contribution in [0.4, 0.5) is 0 Å². The lowest BCUT2D eigenvalue weighted by molar-refractivity contribution is 0.441. The van der Waals surface area contributed by atoms with Crippen molar-refractivity contribution in [1.82, 2.24) is 4.57 Å². The van der Waals surface area contributed by atoms with Gasteiger partial charge >= 0.3 is 0 Å². The second kappa shape index (κ2) is 6.38. The van der Waals surface area contributed by atoms with Crippen LogP contribution in [0.2, 0.25) is 10.0 Å². The van der Waals surface area contributed by atoms with E-state index in [0.29, 0.717) is 30.4 Å². The number of aromatic nitrogens is 1. The summed E-state index contributed by atoms with van der Waals surface area (Å²) >= 11 is 18.7. The molecular formula is C17H9Cl2N3OS2. The van der Waals surface area contributed by atoms with Crippen molar-refractivity contribution in [3.05, 3.63) is 77.9 Å². The quantitative estimate of drug-likeness (QED) is 0.636. The summed E-state index contributed by atoms with van der Waals surface area (Å²) in [7, 11) is 0. The Morgan fingerprint density at radius 3 is 2.36 bits per heavy atom. The van der Waals surface area contributed by atoms with Gasteiger partial charge in [-0.2, -0.15) is 0 Å². The smallest absolute Gasteiger partial charge is 0.215 e. The number of hydrogen-bond donors (Lipinski definition) is 1. The van der Waals surface area contributed by atoms with E-state index < -0.39 is 0 Å². The molecular weight excluding hydrogens is 397 g/mol. The highest BCUT2D eigenvalue weighted by atomic mass is 35.5. The summed E-state index contributed by atoms with van der Waals surface area (Å²) in [5.41, 5.74) is 0.640. The highest BCUT2D eigenvalue weighted by Gasteiger charge is 2.14. The molecule has 0 unspecified atom stereocenters. The molecule has 4 rings (SSSR count). The Hall–Kier alpha value is -1.99. The van der Waals surface area contributed by atoms with E-state index in [4.69, 9.17) is 35.4 Å². The molecule has 0 bridgehead atoms. The van der Waals surface area contributed by atoms with Crippen molar-refractivity contribution in [2.24, 2.45) is 9.98 Å². The van der Waals surface area contributed by atoms with E-state index >= 15 is 0 Å². The fourth-order valence-corrected chi connectivity index (χ4v) is 4.01. The van der Waals surface area contributed by atoms with E-state index in [1.807, 2.05) is 24.3 Å². The van der Waals surface area contributed by atoms with Gasteiger partial charge in [-0.15, -0.1) is 11.3 Å². The van der Waals surface area contributed by atoms with Gasteiger partial charge in [-0.05, 0) is 42.5 Å². The molecule has 0 fully saturated rings. The standard InChI is InChI=1S/C17H9Cl2N3OS2/c18-10-6-5-9(7-11(10)19)22-16(23)14(25-17(22)24)8-15-20-12-3-1-2-4-13(12)21-15/h1-8,23H. The van der Waals surface area contributed by atoms with Crippen molar-refractivity contribution in [3.63, 3.8) is 0 Å². The maximum Gasteiger partial charge on any atom is 0.215 e. The average molecular weight is 406 g/mol. The van der Waals surface area contributed by atoms with Crippen LogP contribution >= 0.6 is 46.8 Å². The minimum Gasteiger partial charge on any atom is -0.493 e. The average Bonchev–Trinajstić information content (AvgIpc) is 3.11. The van der Waals surface area contributed by atoms with Crippen LogP contribution in [0, 0.1) is 3.95 Å². The first-order valence-electron chi connectivity index (χ1n) is 7.17. The number of nitrogens with zero attached hydrogens (tertiary/aromatic N) is 3. The van der Waals surface area contributed by atoms with Crippen molar-refractivity contribution in [2.75, 3.05) is 0 Å². The number of thiazole rings is 1. The molecule has 0 atom stereocenters. The zero-order valence-electron chi connectivity index (χ0n) is 12.5. The highest BCUT2D eigenvalue weighted by molar-refractivity contribution is 7.73. The van der Waals surface area contributed by atoms with Crippen LogP contribution in [-0.2, 0) is 0 Å². The molecule has 0 radical (unpaired) electrons. The molecule has 2 heterocycles. The van der Waals surface area contributed by atoms with Gasteiger partial charge in [-0.3, -0.25) is 4.57 Å². The highest BCUT2D eigenvalue weighted by Crippen LogP contribution is 2.33. The summed E-state index contributed by atoms with van der Waals surface area (Å²) in [6, 6.07) is 12.7. The largest absolute Gasteiger partial charge is 0.493 e. The predicted octanol–water partition coefficient (Wildman–Crippen LogP) is 4.53. The van der Waals surface area contributed by atoms with E-state index in [-0.39, 0.29) is 5.88 Å². The van der Waals surface area contributed by atoms with Crippen LogP contribution in [-0.4, -0.2) is 9.67 Å². The number of fused-ring (bicyclic) bond motifs is 1. The summed E-state index contributed by atoms with van der Waals surface area (Å²) in [5, 5.41) is 13.0. The molecule has 8 heteroatoms. The summed E-state index contributed by atoms with van der Waals surface area (Å²) in [4.78, 5) is 9.44. The van der Waals surface area contributed by atoms with Gasteiger partial charge in [-0.25, -0.2) is 9.98 Å². The summed E-state index contributed by atoms with van der Waals surface area (Å²) in [6.45, 7) is 0. The molecule has 0 amide bonds. The van der Waals surface area contributed by atoms with E-state index in [0.717, 1.165) is 10.7 Å². The van der Waals surface area contributed by atoms with E-state index in [9.17, 15) is 5.11 Å². The van der Waals surface area contributed by atoms with Gasteiger partial charge < -0.3 is 5.11 Å². The van der Waals surface area contributed by atoms with Crippen molar-refractivity contribution < 1.29 is 5.11 Å². The second-order valence-corrected chi connectivity index (χ2v) is 7.69. The normalized spacial score (nSPS) is 12.5. The van der Waals surface area contributed by atoms with Crippen molar-refractivity contribution >= 4 is 52.8 Å². The molecule has 3 aromatic rings. The van der Waals surface area contributed by atoms with Crippen LogP contribution in [0.1, 0.15) is 4.88 Å². The third kappa shape index (κ3) is 3.02. The summed E-state index contributed by atoms with van der Waals surface area (Å²) in [5.74, 6) is 0.538. The van der Waals surface area contributed by atoms with E-state index in [1.165, 1.54) is 15.9 Å². The van der Waals surface area contributed by atoms with Gasteiger partial charge in [0.25, 0.3) is 0 Å². The van der Waals surface area contributed by atoms with Crippen LogP contribution in [0.25, 0.3) is 11.8 Å². The molecule has 0 saturated heterocycles. The van der Waals surface area contributed by atoms with E-state index in [2.05, 4.69) is 9.98 Å². The number of rotatable bonds is 2. The summed E-state index contributed by atoms with van der Waals surface area (Å²) in [6.07, 6.45) is 1.71. The third-order valence-corrected chi connectivity index (χ3v) is 5.63. The lowest BCUT2D eigenvalue weighted by atomic mass is 10.3. The zero-order valence-corrected chi connectivity index (χ0v) is 15.6. The molecule has 2 aromatic carbocycles. The SMILES string of the molecule is Oc1c(C=C2N=c3ccccc3=N2)sc(=S)n1-c1ccc(Cl)c(Cl)c1. The molecule has 1 aliphatic rings. The third-order valence-electron chi connectivity index (χ3n) is 3.59. The van der Waals surface area contributed by atoms with Gasteiger partial charge in [0, 0.05) is 6.08 Å². The van der Waals surface area contributed by atoms with Gasteiger partial charge in [0.15, 0.2) is 9.78 Å². The number of halogens is 2. The molecule has 0 aliphatic carbocycles. The topological polar surface area (TPSA) is 49.9 Å². The minimum absolute atomic E-state index is 0.0160. The van der Waals surface area contributed by atoms with Gasteiger partial charge in [0.05, 0.1) is 31.3 Å². The van der Waals surface area contributed by atoms with Crippen molar-refractivity contribution in [1.29, 1.82) is 0 Å². The lowest BCUT2D eigenvalue weighted by Crippen LogP contribution is -2.19. The molecule has 0 spiro atoms. The Kier molecular flexibility index (Phi) is 4.21. The Labute approximate surface area is 161 Å². The van der Waals surface area contributed by atoms with Crippen molar-refractivity contribution in [3.8, 4) is 11.6 Å². The first-order valence-corrected chi connectivity index (χ1v) is 9.15. The Morgan fingerprint density at radius 1 is 1.04 bits per heavy atom. The zero-order chi connectivity index (χ0) is 17.6. The molecule has 1 aromatic heterocycles. The predicted molar refractivity (Wildman–Crippen MR) is 103 cm³/mol. The number of hydrogen-bond acceptors (Lipinski definition) is 5. The first-order chi connectivity index (χ1) is 12.0. The van der Waals surface area contributed by atoms with Gasteiger partial charge in [0.2, 0.25) is 5.88 Å². The number of benzene rings is 2. The molecule has 0 saturated carbocycles. The van der Waals surface area contributed by atoms with E-state index in [1.54, 1.807) is 24.3 Å². The number of aromatic hydroxyl groups is 1. The Bertz CT molecular complexity index is 1170. The fourth-order valence-electron chi connectivity index (χ4n) is 2.43. The molecule has 1 N–H and O–H groups in total. The molecule has 25 heavy (non-hydrogen) atoms. The number of para-hydroxylation sites is 2. The Morgan fingerprint density at radius 2 is 1.72 bits per heavy atom. The molecule has 4 nitrogen and oxygen atoms in total. The Balaban J connectivity index is 1.81.